The zero-order chi connectivity index (χ0) is 8.85. The first-order chi connectivity index (χ1) is 5.06. The summed E-state index contributed by atoms with van der Waals surface area (Å²) >= 11 is 0. The molecule has 0 rings (SSSR count). The molecule has 0 saturated heterocycles. The molecular formula is C5H7F3O3. The molecule has 3 nitrogen and oxygen atoms in total. The third-order valence-electron chi connectivity index (χ3n) is 0.881. The van der Waals surface area contributed by atoms with Crippen LogP contribution in [0.3, 0.4) is 0 Å². The highest BCUT2D eigenvalue weighted by molar-refractivity contribution is 5.57. The fourth-order valence-electron chi connectivity index (χ4n) is 0.484. The normalized spacial score (nSPS) is 13.1. The van der Waals surface area contributed by atoms with Gasteiger partial charge in [0.05, 0.1) is 0 Å². The first-order valence-electron chi connectivity index (χ1n) is 2.80. The van der Waals surface area contributed by atoms with Crippen LogP contribution >= 0.6 is 0 Å². The number of carboxylic acid groups (broad SMARTS) is 1. The number of hydrogen-bond donors (Lipinski definition) is 1. The minimum Gasteiger partial charge on any atom is -0.450 e. The second-order valence-electron chi connectivity index (χ2n) is 1.79. The Morgan fingerprint density at radius 3 is 2.36 bits per heavy atom. The van der Waals surface area contributed by atoms with Crippen molar-refractivity contribution in [3.05, 3.63) is 0 Å². The van der Waals surface area contributed by atoms with Crippen LogP contribution in [-0.4, -0.2) is 30.5 Å². The van der Waals surface area contributed by atoms with Crippen LogP contribution in [0.15, 0.2) is 0 Å². The fraction of sp³-hybridized carbons (Fsp3) is 0.800. The lowest BCUT2D eigenvalue weighted by Crippen LogP contribution is -2.21. The number of rotatable bonds is 4. The molecule has 0 spiro atoms. The van der Waals surface area contributed by atoms with Crippen LogP contribution in [0.1, 0.15) is 6.42 Å². The van der Waals surface area contributed by atoms with Gasteiger partial charge in [-0.05, 0) is 0 Å². The molecule has 1 unspecified atom stereocenters. The Bertz CT molecular complexity index is 128. The summed E-state index contributed by atoms with van der Waals surface area (Å²) in [4.78, 5) is 9.72. The van der Waals surface area contributed by atoms with Crippen molar-refractivity contribution in [3.8, 4) is 0 Å². The second-order valence-corrected chi connectivity index (χ2v) is 1.79. The summed E-state index contributed by atoms with van der Waals surface area (Å²) < 4.78 is 38.4. The van der Waals surface area contributed by atoms with Crippen molar-refractivity contribution in [2.24, 2.45) is 0 Å². The van der Waals surface area contributed by atoms with Crippen molar-refractivity contribution in [2.75, 3.05) is 6.67 Å². The molecule has 66 valence electrons. The Morgan fingerprint density at radius 2 is 2.09 bits per heavy atom. The molecule has 0 aliphatic heterocycles. The molecule has 0 fully saturated rings. The Balaban J connectivity index is 3.66. The monoisotopic (exact) mass is 172 g/mol. The van der Waals surface area contributed by atoms with Crippen LogP contribution in [0.4, 0.5) is 18.0 Å². The number of halogens is 3. The van der Waals surface area contributed by atoms with Gasteiger partial charge in [-0.25, -0.2) is 18.0 Å². The smallest absolute Gasteiger partial charge is 0.450 e. The molecule has 0 heterocycles. The lowest BCUT2D eigenvalue weighted by molar-refractivity contribution is 0.00584. The number of carbonyl (C=O) groups is 1. The zero-order valence-corrected chi connectivity index (χ0v) is 5.47. The summed E-state index contributed by atoms with van der Waals surface area (Å²) in [6.07, 6.45) is -6.95. The Kier molecular flexibility index (Phi) is 4.40. The minimum absolute atomic E-state index is 0.900. The average molecular weight is 172 g/mol. The highest BCUT2D eigenvalue weighted by Gasteiger charge is 2.18. The molecule has 0 aliphatic carbocycles. The van der Waals surface area contributed by atoms with Gasteiger partial charge in [0.1, 0.15) is 12.8 Å². The van der Waals surface area contributed by atoms with Gasteiger partial charge in [-0.1, -0.05) is 0 Å². The lowest BCUT2D eigenvalue weighted by Gasteiger charge is -2.10. The SMILES string of the molecule is O=C(O)OC(CF)CC(F)F. The molecule has 0 aliphatic rings. The van der Waals surface area contributed by atoms with E-state index in [4.69, 9.17) is 5.11 Å². The van der Waals surface area contributed by atoms with Crippen LogP contribution in [0, 0.1) is 0 Å². The van der Waals surface area contributed by atoms with Gasteiger partial charge in [-0.3, -0.25) is 0 Å². The first kappa shape index (κ1) is 10.1. The molecule has 0 amide bonds. The van der Waals surface area contributed by atoms with E-state index in [9.17, 15) is 18.0 Å². The average Bonchev–Trinajstić information content (AvgIpc) is 1.84. The molecule has 0 radical (unpaired) electrons. The molecule has 0 aromatic carbocycles. The molecule has 1 atom stereocenters. The largest absolute Gasteiger partial charge is 0.506 e. The van der Waals surface area contributed by atoms with E-state index in [-0.39, 0.29) is 0 Å². The van der Waals surface area contributed by atoms with Gasteiger partial charge in [-0.15, -0.1) is 0 Å². The van der Waals surface area contributed by atoms with Crippen LogP contribution in [0.5, 0.6) is 0 Å². The Morgan fingerprint density at radius 1 is 1.55 bits per heavy atom. The van der Waals surface area contributed by atoms with E-state index in [1.807, 2.05) is 0 Å². The Labute approximate surface area is 60.8 Å². The highest BCUT2D eigenvalue weighted by atomic mass is 19.3. The minimum atomic E-state index is -2.75. The van der Waals surface area contributed by atoms with Gasteiger partial charge >= 0.3 is 6.16 Å². The fourth-order valence-corrected chi connectivity index (χ4v) is 0.484. The van der Waals surface area contributed by atoms with E-state index in [1.54, 1.807) is 0 Å². The van der Waals surface area contributed by atoms with E-state index >= 15 is 0 Å². The predicted molar refractivity (Wildman–Crippen MR) is 29.5 cm³/mol. The van der Waals surface area contributed by atoms with Crippen LogP contribution in [0.2, 0.25) is 0 Å². The van der Waals surface area contributed by atoms with Crippen molar-refractivity contribution in [2.45, 2.75) is 19.0 Å². The van der Waals surface area contributed by atoms with Crippen molar-refractivity contribution in [3.63, 3.8) is 0 Å². The molecule has 11 heavy (non-hydrogen) atoms. The molecule has 0 bridgehead atoms. The third kappa shape index (κ3) is 5.50. The van der Waals surface area contributed by atoms with Crippen LogP contribution < -0.4 is 0 Å². The highest BCUT2D eigenvalue weighted by Crippen LogP contribution is 2.08. The third-order valence-corrected chi connectivity index (χ3v) is 0.881. The molecular weight excluding hydrogens is 165 g/mol. The van der Waals surface area contributed by atoms with Crippen LogP contribution in [-0.2, 0) is 4.74 Å². The summed E-state index contributed by atoms with van der Waals surface area (Å²) in [7, 11) is 0. The molecule has 0 aromatic rings. The van der Waals surface area contributed by atoms with Gasteiger partial charge in [0.2, 0.25) is 6.43 Å². The summed E-state index contributed by atoms with van der Waals surface area (Å²) in [6.45, 7) is -1.23. The molecule has 0 saturated carbocycles. The van der Waals surface area contributed by atoms with Gasteiger partial charge in [0.15, 0.2) is 0 Å². The number of hydrogen-bond acceptors (Lipinski definition) is 2. The van der Waals surface area contributed by atoms with Gasteiger partial charge in [0, 0.05) is 6.42 Å². The van der Waals surface area contributed by atoms with E-state index in [0.717, 1.165) is 0 Å². The summed E-state index contributed by atoms with van der Waals surface area (Å²) in [6, 6.07) is 0. The maximum Gasteiger partial charge on any atom is 0.506 e. The van der Waals surface area contributed by atoms with Gasteiger partial charge < -0.3 is 9.84 Å². The van der Waals surface area contributed by atoms with Crippen molar-refractivity contribution in [1.82, 2.24) is 0 Å². The van der Waals surface area contributed by atoms with Crippen molar-refractivity contribution in [1.29, 1.82) is 0 Å². The van der Waals surface area contributed by atoms with E-state index in [2.05, 4.69) is 4.74 Å². The van der Waals surface area contributed by atoms with Crippen molar-refractivity contribution < 1.29 is 27.8 Å². The Hall–Kier alpha value is -0.940. The topological polar surface area (TPSA) is 46.5 Å². The second kappa shape index (κ2) is 4.81. The van der Waals surface area contributed by atoms with Crippen molar-refractivity contribution >= 4 is 6.16 Å². The molecule has 1 N–H and O–H groups in total. The molecule has 6 heteroatoms. The maximum absolute atomic E-state index is 11.7. The van der Waals surface area contributed by atoms with E-state index in [0.29, 0.717) is 0 Å². The quantitative estimate of drug-likeness (QED) is 0.656. The summed E-state index contributed by atoms with van der Waals surface area (Å²) in [5, 5.41) is 7.89. The van der Waals surface area contributed by atoms with E-state index < -0.39 is 31.8 Å². The summed E-state index contributed by atoms with van der Waals surface area (Å²) in [5.74, 6) is 0. The standard InChI is InChI=1S/C5H7F3O3/c6-2-3(1-4(7)8)11-5(9)10/h3-4H,1-2H2,(H,9,10). The number of alkyl halides is 3. The number of ether oxygens (including phenoxy) is 1. The lowest BCUT2D eigenvalue weighted by atomic mass is 10.3. The summed E-state index contributed by atoms with van der Waals surface area (Å²) in [5.41, 5.74) is 0. The zero-order valence-electron chi connectivity index (χ0n) is 5.47. The van der Waals surface area contributed by atoms with Gasteiger partial charge in [0.25, 0.3) is 0 Å². The maximum atomic E-state index is 11.7. The van der Waals surface area contributed by atoms with E-state index in [1.165, 1.54) is 0 Å². The predicted octanol–water partition coefficient (Wildman–Crippen LogP) is 1.67. The first-order valence-corrected chi connectivity index (χ1v) is 2.80. The van der Waals surface area contributed by atoms with Crippen LogP contribution in [0.25, 0.3) is 0 Å². The molecule has 0 aromatic heterocycles. The van der Waals surface area contributed by atoms with Gasteiger partial charge in [-0.2, -0.15) is 0 Å².